The number of hydrogen-bond acceptors (Lipinski definition) is 3. The first-order valence-electron chi connectivity index (χ1n) is 4.85. The highest BCUT2D eigenvalue weighted by atomic mass is 16.5. The van der Waals surface area contributed by atoms with E-state index in [1.165, 1.54) is 7.11 Å². The van der Waals surface area contributed by atoms with E-state index in [2.05, 4.69) is 4.74 Å². The van der Waals surface area contributed by atoms with Crippen LogP contribution in [-0.4, -0.2) is 18.9 Å². The zero-order chi connectivity index (χ0) is 10.7. The van der Waals surface area contributed by atoms with Gasteiger partial charge >= 0.3 is 5.97 Å². The van der Waals surface area contributed by atoms with Crippen LogP contribution in [0, 0.1) is 11.8 Å². The molecule has 0 aliphatic heterocycles. The molecule has 0 bridgehead atoms. The summed E-state index contributed by atoms with van der Waals surface area (Å²) in [6, 6.07) is 0. The molecule has 0 saturated heterocycles. The Balaban J connectivity index is 2.71. The van der Waals surface area contributed by atoms with E-state index in [1.807, 2.05) is 6.92 Å². The van der Waals surface area contributed by atoms with E-state index in [0.29, 0.717) is 0 Å². The van der Waals surface area contributed by atoms with Gasteiger partial charge in [-0.25, -0.2) is 0 Å². The van der Waals surface area contributed by atoms with Gasteiger partial charge in [-0.15, -0.1) is 0 Å². The Morgan fingerprint density at radius 1 is 1.64 bits per heavy atom. The van der Waals surface area contributed by atoms with Crippen LogP contribution in [0.4, 0.5) is 0 Å². The lowest BCUT2D eigenvalue weighted by Crippen LogP contribution is -2.29. The summed E-state index contributed by atoms with van der Waals surface area (Å²) in [4.78, 5) is 22.8. The van der Waals surface area contributed by atoms with Crippen LogP contribution < -0.4 is 0 Å². The lowest BCUT2D eigenvalue weighted by Gasteiger charge is -2.23. The second-order valence-corrected chi connectivity index (χ2v) is 3.85. The molecule has 0 aromatic heterocycles. The molecule has 0 heterocycles. The zero-order valence-corrected chi connectivity index (χ0v) is 8.87. The van der Waals surface area contributed by atoms with Gasteiger partial charge in [0.05, 0.1) is 13.0 Å². The van der Waals surface area contributed by atoms with Gasteiger partial charge in [-0.05, 0) is 25.8 Å². The molecule has 0 amide bonds. The second kappa shape index (κ2) is 4.40. The van der Waals surface area contributed by atoms with Crippen molar-refractivity contribution in [1.82, 2.24) is 0 Å². The van der Waals surface area contributed by atoms with Crippen LogP contribution in [0.2, 0.25) is 0 Å². The minimum absolute atomic E-state index is 0.0617. The van der Waals surface area contributed by atoms with Gasteiger partial charge in [-0.1, -0.05) is 12.5 Å². The quantitative estimate of drug-likeness (QED) is 0.631. The number of esters is 1. The lowest BCUT2D eigenvalue weighted by molar-refractivity contribution is -0.148. The van der Waals surface area contributed by atoms with Crippen LogP contribution in [-0.2, 0) is 14.3 Å². The molecule has 0 aromatic carbocycles. The van der Waals surface area contributed by atoms with Crippen molar-refractivity contribution in [3.8, 4) is 0 Å². The Kier molecular flexibility index (Phi) is 3.44. The van der Waals surface area contributed by atoms with Gasteiger partial charge in [0.1, 0.15) is 0 Å². The summed E-state index contributed by atoms with van der Waals surface area (Å²) in [5, 5.41) is 0. The minimum Gasteiger partial charge on any atom is -0.469 e. The van der Waals surface area contributed by atoms with E-state index >= 15 is 0 Å². The number of hydrogen-bond donors (Lipinski definition) is 0. The van der Waals surface area contributed by atoms with Crippen LogP contribution in [0.1, 0.15) is 26.7 Å². The van der Waals surface area contributed by atoms with Gasteiger partial charge in [0, 0.05) is 5.92 Å². The third-order valence-corrected chi connectivity index (χ3v) is 2.78. The SMILES string of the molecule is COC(=O)C(C)C1CCC(C)=CC1=O. The van der Waals surface area contributed by atoms with Crippen LogP contribution in [0.15, 0.2) is 11.6 Å². The largest absolute Gasteiger partial charge is 0.469 e. The maximum absolute atomic E-state index is 11.6. The highest BCUT2D eigenvalue weighted by Crippen LogP contribution is 2.27. The first-order valence-corrected chi connectivity index (χ1v) is 4.85. The number of methoxy groups -OCH3 is 1. The summed E-state index contributed by atoms with van der Waals surface area (Å²) in [6.07, 6.45) is 3.31. The first kappa shape index (κ1) is 11.0. The molecular weight excluding hydrogens is 180 g/mol. The number of carbonyl (C=O) groups excluding carboxylic acids is 2. The Hall–Kier alpha value is -1.12. The molecule has 0 spiro atoms. The molecule has 1 aliphatic carbocycles. The number of allylic oxidation sites excluding steroid dienone is 2. The molecule has 78 valence electrons. The van der Waals surface area contributed by atoms with E-state index < -0.39 is 0 Å². The van der Waals surface area contributed by atoms with Gasteiger partial charge < -0.3 is 4.74 Å². The van der Waals surface area contributed by atoms with Crippen LogP contribution in [0.3, 0.4) is 0 Å². The third kappa shape index (κ3) is 2.22. The highest BCUT2D eigenvalue weighted by Gasteiger charge is 2.31. The predicted molar refractivity (Wildman–Crippen MR) is 52.7 cm³/mol. The smallest absolute Gasteiger partial charge is 0.309 e. The predicted octanol–water partition coefficient (Wildman–Crippen LogP) is 1.72. The number of carbonyl (C=O) groups is 2. The van der Waals surface area contributed by atoms with Crippen molar-refractivity contribution < 1.29 is 14.3 Å². The highest BCUT2D eigenvalue weighted by molar-refractivity contribution is 5.95. The van der Waals surface area contributed by atoms with E-state index in [9.17, 15) is 9.59 Å². The minimum atomic E-state index is -0.322. The summed E-state index contributed by atoms with van der Waals surface area (Å²) < 4.78 is 4.63. The van der Waals surface area contributed by atoms with Gasteiger partial charge in [0.25, 0.3) is 0 Å². The van der Waals surface area contributed by atoms with Crippen molar-refractivity contribution in [1.29, 1.82) is 0 Å². The monoisotopic (exact) mass is 196 g/mol. The summed E-state index contributed by atoms with van der Waals surface area (Å²) in [6.45, 7) is 3.69. The average molecular weight is 196 g/mol. The zero-order valence-electron chi connectivity index (χ0n) is 8.87. The fourth-order valence-corrected chi connectivity index (χ4v) is 1.79. The van der Waals surface area contributed by atoms with Gasteiger partial charge in [-0.3, -0.25) is 9.59 Å². The Labute approximate surface area is 84.1 Å². The molecule has 3 nitrogen and oxygen atoms in total. The van der Waals surface area contributed by atoms with Gasteiger partial charge in [-0.2, -0.15) is 0 Å². The molecule has 0 aromatic rings. The summed E-state index contributed by atoms with van der Waals surface area (Å²) >= 11 is 0. The Morgan fingerprint density at radius 3 is 2.79 bits per heavy atom. The van der Waals surface area contributed by atoms with Crippen molar-refractivity contribution in [3.63, 3.8) is 0 Å². The van der Waals surface area contributed by atoms with Gasteiger partial charge in [0.2, 0.25) is 0 Å². The van der Waals surface area contributed by atoms with Crippen LogP contribution in [0.5, 0.6) is 0 Å². The molecule has 0 fully saturated rings. The van der Waals surface area contributed by atoms with Crippen molar-refractivity contribution in [2.45, 2.75) is 26.7 Å². The summed E-state index contributed by atoms with van der Waals surface area (Å²) in [5.74, 6) is -0.744. The molecule has 0 N–H and O–H groups in total. The average Bonchev–Trinajstić information content (AvgIpc) is 2.15. The number of ether oxygens (including phenoxy) is 1. The Morgan fingerprint density at radius 2 is 2.29 bits per heavy atom. The molecule has 1 rings (SSSR count). The molecule has 0 radical (unpaired) electrons. The molecule has 1 aliphatic rings. The van der Waals surface area contributed by atoms with E-state index in [-0.39, 0.29) is 23.6 Å². The van der Waals surface area contributed by atoms with Crippen molar-refractivity contribution in [3.05, 3.63) is 11.6 Å². The molecular formula is C11H16O3. The summed E-state index contributed by atoms with van der Waals surface area (Å²) in [7, 11) is 1.35. The fourth-order valence-electron chi connectivity index (χ4n) is 1.79. The van der Waals surface area contributed by atoms with Crippen molar-refractivity contribution in [2.75, 3.05) is 7.11 Å². The van der Waals surface area contributed by atoms with Gasteiger partial charge in [0.15, 0.2) is 5.78 Å². The molecule has 3 heteroatoms. The van der Waals surface area contributed by atoms with E-state index in [4.69, 9.17) is 0 Å². The number of rotatable bonds is 2. The maximum Gasteiger partial charge on any atom is 0.309 e. The van der Waals surface area contributed by atoms with Crippen molar-refractivity contribution >= 4 is 11.8 Å². The van der Waals surface area contributed by atoms with E-state index in [0.717, 1.165) is 18.4 Å². The maximum atomic E-state index is 11.6. The molecule has 2 atom stereocenters. The van der Waals surface area contributed by atoms with E-state index in [1.54, 1.807) is 13.0 Å². The standard InChI is InChI=1S/C11H16O3/c1-7-4-5-9(10(12)6-7)8(2)11(13)14-3/h6,8-9H,4-5H2,1-3H3. The molecule has 2 unspecified atom stereocenters. The van der Waals surface area contributed by atoms with Crippen molar-refractivity contribution in [2.24, 2.45) is 11.8 Å². The van der Waals surface area contributed by atoms with Crippen LogP contribution >= 0.6 is 0 Å². The van der Waals surface area contributed by atoms with Crippen LogP contribution in [0.25, 0.3) is 0 Å². The second-order valence-electron chi connectivity index (χ2n) is 3.85. The topological polar surface area (TPSA) is 43.4 Å². The lowest BCUT2D eigenvalue weighted by atomic mass is 9.81. The molecule has 14 heavy (non-hydrogen) atoms. The normalized spacial score (nSPS) is 24.1. The first-order chi connectivity index (χ1) is 6.56. The fraction of sp³-hybridized carbons (Fsp3) is 0.636. The molecule has 0 saturated carbocycles. The number of ketones is 1. The summed E-state index contributed by atoms with van der Waals surface area (Å²) in [5.41, 5.74) is 1.10. The Bertz CT molecular complexity index is 278. The third-order valence-electron chi connectivity index (χ3n) is 2.78.